The average Bonchev–Trinajstić information content (AvgIpc) is 2.60. The Hall–Kier alpha value is -3.00. The molecule has 0 amide bonds. The van der Waals surface area contributed by atoms with E-state index in [1.807, 2.05) is 48.6 Å². The summed E-state index contributed by atoms with van der Waals surface area (Å²) in [5.41, 5.74) is 2.68. The summed E-state index contributed by atoms with van der Waals surface area (Å²) in [7, 11) is 0. The Bertz CT molecular complexity index is 1030. The van der Waals surface area contributed by atoms with Gasteiger partial charge in [0.1, 0.15) is 5.82 Å². The number of rotatable bonds is 2. The van der Waals surface area contributed by atoms with Crippen LogP contribution in [0.3, 0.4) is 0 Å². The predicted molar refractivity (Wildman–Crippen MR) is 94.6 cm³/mol. The molecule has 1 aromatic heterocycles. The summed E-state index contributed by atoms with van der Waals surface area (Å²) in [5.74, 6) is -0.233. The molecular weight excluding hydrogens is 285 g/mol. The van der Waals surface area contributed by atoms with Crippen LogP contribution in [0.5, 0.6) is 0 Å². The van der Waals surface area contributed by atoms with Gasteiger partial charge in [-0.3, -0.25) is 0 Å². The molecule has 0 bridgehead atoms. The Morgan fingerprint density at radius 2 is 1.43 bits per heavy atom. The van der Waals surface area contributed by atoms with Gasteiger partial charge in [0.25, 0.3) is 0 Å². The molecule has 0 saturated carbocycles. The number of hydrogen-bond donors (Lipinski definition) is 0. The first-order valence-corrected chi connectivity index (χ1v) is 7.52. The van der Waals surface area contributed by atoms with E-state index in [0.29, 0.717) is 0 Å². The molecule has 0 aliphatic heterocycles. The van der Waals surface area contributed by atoms with E-state index in [-0.39, 0.29) is 5.82 Å². The number of fused-ring (bicyclic) bond motifs is 3. The molecule has 4 aromatic rings. The van der Waals surface area contributed by atoms with Crippen LogP contribution in [0.15, 0.2) is 72.8 Å². The van der Waals surface area contributed by atoms with Crippen molar-refractivity contribution in [2.45, 2.75) is 0 Å². The summed E-state index contributed by atoms with van der Waals surface area (Å²) < 4.78 is 13.3. The van der Waals surface area contributed by atoms with Crippen molar-refractivity contribution < 1.29 is 4.39 Å². The summed E-state index contributed by atoms with van der Waals surface area (Å²) in [6.45, 7) is 0. The summed E-state index contributed by atoms with van der Waals surface area (Å²) in [5, 5.41) is 3.42. The van der Waals surface area contributed by atoms with E-state index in [1.165, 1.54) is 17.5 Å². The average molecular weight is 299 g/mol. The number of nitrogens with zero attached hydrogens (tertiary/aromatic N) is 1. The second kappa shape index (κ2) is 5.65. The lowest BCUT2D eigenvalue weighted by Crippen LogP contribution is -1.88. The maximum absolute atomic E-state index is 13.3. The SMILES string of the molecule is Fc1cccc(/C=C/c2nc3ccccc3c3ccccc23)c1. The highest BCUT2D eigenvalue weighted by Crippen LogP contribution is 2.27. The van der Waals surface area contributed by atoms with Crippen LogP contribution in [0, 0.1) is 5.82 Å². The minimum absolute atomic E-state index is 0.233. The molecule has 2 heteroatoms. The zero-order chi connectivity index (χ0) is 15.6. The lowest BCUT2D eigenvalue weighted by atomic mass is 10.0. The van der Waals surface area contributed by atoms with Crippen LogP contribution in [0.2, 0.25) is 0 Å². The fourth-order valence-corrected chi connectivity index (χ4v) is 2.84. The lowest BCUT2D eigenvalue weighted by molar-refractivity contribution is 0.627. The van der Waals surface area contributed by atoms with Gasteiger partial charge in [-0.25, -0.2) is 9.37 Å². The second-order valence-electron chi connectivity index (χ2n) is 5.45. The topological polar surface area (TPSA) is 12.9 Å². The molecule has 0 N–H and O–H groups in total. The highest BCUT2D eigenvalue weighted by molar-refractivity contribution is 6.08. The smallest absolute Gasteiger partial charge is 0.123 e. The van der Waals surface area contributed by atoms with Crippen molar-refractivity contribution in [3.63, 3.8) is 0 Å². The molecular formula is C21H14FN. The van der Waals surface area contributed by atoms with Crippen LogP contribution < -0.4 is 0 Å². The number of benzene rings is 3. The molecule has 0 spiro atoms. The van der Waals surface area contributed by atoms with Gasteiger partial charge in [-0.2, -0.15) is 0 Å². The van der Waals surface area contributed by atoms with E-state index in [9.17, 15) is 4.39 Å². The largest absolute Gasteiger partial charge is 0.248 e. The molecule has 0 fully saturated rings. The molecule has 23 heavy (non-hydrogen) atoms. The maximum atomic E-state index is 13.3. The normalized spacial score (nSPS) is 11.5. The van der Waals surface area contributed by atoms with Crippen molar-refractivity contribution in [1.29, 1.82) is 0 Å². The molecule has 0 aliphatic carbocycles. The van der Waals surface area contributed by atoms with Gasteiger partial charge in [-0.1, -0.05) is 60.7 Å². The van der Waals surface area contributed by atoms with E-state index < -0.39 is 0 Å². The van der Waals surface area contributed by atoms with E-state index in [2.05, 4.69) is 18.2 Å². The first kappa shape index (κ1) is 13.6. The number of para-hydroxylation sites is 1. The summed E-state index contributed by atoms with van der Waals surface area (Å²) >= 11 is 0. The Morgan fingerprint density at radius 1 is 0.696 bits per heavy atom. The van der Waals surface area contributed by atoms with E-state index in [1.54, 1.807) is 6.07 Å². The number of pyridine rings is 1. The molecule has 0 unspecified atom stereocenters. The summed E-state index contributed by atoms with van der Waals surface area (Å²) in [6.07, 6.45) is 3.84. The highest BCUT2D eigenvalue weighted by atomic mass is 19.1. The standard InChI is InChI=1S/C21H14FN/c22-16-7-5-6-15(14-16)12-13-21-19-9-2-1-8-17(19)18-10-3-4-11-20(18)23-21/h1-14H/b13-12+. The third-order valence-electron chi connectivity index (χ3n) is 3.92. The Kier molecular flexibility index (Phi) is 3.35. The van der Waals surface area contributed by atoms with Crippen LogP contribution in [-0.4, -0.2) is 4.98 Å². The zero-order valence-corrected chi connectivity index (χ0v) is 12.4. The molecule has 1 heterocycles. The van der Waals surface area contributed by atoms with Crippen LogP contribution in [0.25, 0.3) is 33.8 Å². The molecule has 4 rings (SSSR count). The first-order chi connectivity index (χ1) is 11.3. The molecule has 0 atom stereocenters. The van der Waals surface area contributed by atoms with Crippen LogP contribution in [0.1, 0.15) is 11.3 Å². The highest BCUT2D eigenvalue weighted by Gasteiger charge is 2.05. The molecule has 110 valence electrons. The number of halogens is 1. The van der Waals surface area contributed by atoms with Gasteiger partial charge in [-0.15, -0.1) is 0 Å². The molecule has 0 radical (unpaired) electrons. The van der Waals surface area contributed by atoms with Gasteiger partial charge in [0.05, 0.1) is 11.2 Å². The van der Waals surface area contributed by atoms with Crippen LogP contribution in [-0.2, 0) is 0 Å². The minimum atomic E-state index is -0.233. The molecule has 0 aliphatic rings. The molecule has 0 saturated heterocycles. The number of aromatic nitrogens is 1. The van der Waals surface area contributed by atoms with E-state index in [0.717, 1.165) is 27.5 Å². The van der Waals surface area contributed by atoms with Gasteiger partial charge in [-0.05, 0) is 35.2 Å². The fraction of sp³-hybridized carbons (Fsp3) is 0. The zero-order valence-electron chi connectivity index (χ0n) is 12.4. The van der Waals surface area contributed by atoms with E-state index >= 15 is 0 Å². The molecule has 3 aromatic carbocycles. The Labute approximate surface area is 133 Å². The van der Waals surface area contributed by atoms with Gasteiger partial charge >= 0.3 is 0 Å². The number of hydrogen-bond acceptors (Lipinski definition) is 1. The van der Waals surface area contributed by atoms with Crippen LogP contribution in [0.4, 0.5) is 4.39 Å². The second-order valence-corrected chi connectivity index (χ2v) is 5.45. The fourth-order valence-electron chi connectivity index (χ4n) is 2.84. The van der Waals surface area contributed by atoms with Crippen LogP contribution >= 0.6 is 0 Å². The van der Waals surface area contributed by atoms with Gasteiger partial charge in [0, 0.05) is 10.8 Å². The third kappa shape index (κ3) is 2.59. The van der Waals surface area contributed by atoms with Crippen molar-refractivity contribution in [3.8, 4) is 0 Å². The van der Waals surface area contributed by atoms with Crippen molar-refractivity contribution in [2.75, 3.05) is 0 Å². The van der Waals surface area contributed by atoms with Crippen molar-refractivity contribution in [2.24, 2.45) is 0 Å². The maximum Gasteiger partial charge on any atom is 0.123 e. The predicted octanol–water partition coefficient (Wildman–Crippen LogP) is 5.70. The van der Waals surface area contributed by atoms with Gasteiger partial charge in [0.15, 0.2) is 0 Å². The first-order valence-electron chi connectivity index (χ1n) is 7.52. The lowest BCUT2D eigenvalue weighted by Gasteiger charge is -2.06. The summed E-state index contributed by atoms with van der Waals surface area (Å²) in [6, 6.07) is 22.9. The van der Waals surface area contributed by atoms with Crippen molar-refractivity contribution in [3.05, 3.63) is 89.9 Å². The Morgan fingerprint density at radius 3 is 2.26 bits per heavy atom. The van der Waals surface area contributed by atoms with Crippen molar-refractivity contribution >= 4 is 33.8 Å². The monoisotopic (exact) mass is 299 g/mol. The Balaban J connectivity index is 1.91. The molecule has 1 nitrogen and oxygen atoms in total. The minimum Gasteiger partial charge on any atom is -0.248 e. The third-order valence-corrected chi connectivity index (χ3v) is 3.92. The quantitative estimate of drug-likeness (QED) is 0.433. The van der Waals surface area contributed by atoms with Gasteiger partial charge < -0.3 is 0 Å². The summed E-state index contributed by atoms with van der Waals surface area (Å²) in [4.78, 5) is 4.76. The van der Waals surface area contributed by atoms with E-state index in [4.69, 9.17) is 4.98 Å². The van der Waals surface area contributed by atoms with Crippen molar-refractivity contribution in [1.82, 2.24) is 4.98 Å². The van der Waals surface area contributed by atoms with Gasteiger partial charge in [0.2, 0.25) is 0 Å².